The van der Waals surface area contributed by atoms with E-state index in [0.29, 0.717) is 11.4 Å². The zero-order valence-electron chi connectivity index (χ0n) is 35.6. The fourth-order valence-electron chi connectivity index (χ4n) is 5.94. The molecular weight excluding hydrogens is 931 g/mol. The highest BCUT2D eigenvalue weighted by Gasteiger charge is 2.19. The van der Waals surface area contributed by atoms with Crippen LogP contribution in [0.15, 0.2) is 107 Å². The molecule has 68 heavy (non-hydrogen) atoms. The molecule has 0 spiro atoms. The van der Waals surface area contributed by atoms with E-state index in [1.165, 1.54) is 36.4 Å². The Morgan fingerprint density at radius 2 is 0.809 bits per heavy atom. The summed E-state index contributed by atoms with van der Waals surface area (Å²) >= 11 is 0. The van der Waals surface area contributed by atoms with E-state index in [9.17, 15) is 44.3 Å². The van der Waals surface area contributed by atoms with Gasteiger partial charge in [0.2, 0.25) is 47.5 Å². The first-order valence-electron chi connectivity index (χ1n) is 20.4. The molecule has 4 aromatic carbocycles. The number of para-hydroxylation sites is 2. The average molecular weight is 975 g/mol. The van der Waals surface area contributed by atoms with Crippen molar-refractivity contribution in [3.8, 4) is 0 Å². The number of benzene rings is 4. The largest absolute Gasteiger partial charge is 0.354 e. The monoisotopic (exact) mass is 974 g/mol. The molecule has 0 unspecified atom stereocenters. The number of aromatic nitrogens is 6. The van der Waals surface area contributed by atoms with E-state index < -0.39 is 55.2 Å². The van der Waals surface area contributed by atoms with Crippen LogP contribution in [-0.4, -0.2) is 107 Å². The normalized spacial score (nSPS) is 11.4. The van der Waals surface area contributed by atoms with Gasteiger partial charge in [0.1, 0.15) is 23.1 Å². The summed E-state index contributed by atoms with van der Waals surface area (Å²) in [6.45, 7) is -1.55. The Kier molecular flexibility index (Phi) is 17.1. The smallest absolute Gasteiger partial charge is 0.295 e. The number of halogens is 2. The van der Waals surface area contributed by atoms with Gasteiger partial charge < -0.3 is 42.5 Å². The molecule has 2 heterocycles. The van der Waals surface area contributed by atoms with Gasteiger partial charge in [-0.3, -0.25) is 18.7 Å². The SMILES string of the molecule is O=C(CCNc1nc(Nc2ccccc2)nc(Nc2ccc(/C=C/c3ccc(Nc4nc(NCCC(=O)NCCF)nc(Nc5ccccc5)n4)cc3S(=O)(=O)O)c(S(=O)(=O)O)c2)n1)NCCF. The van der Waals surface area contributed by atoms with Gasteiger partial charge in [0.15, 0.2) is 0 Å². The molecule has 356 valence electrons. The van der Waals surface area contributed by atoms with Crippen LogP contribution in [0, 0.1) is 0 Å². The molecule has 10 N–H and O–H groups in total. The lowest BCUT2D eigenvalue weighted by Crippen LogP contribution is -2.27. The molecule has 0 saturated carbocycles. The van der Waals surface area contributed by atoms with Crippen molar-refractivity contribution < 1.29 is 44.3 Å². The van der Waals surface area contributed by atoms with Crippen molar-refractivity contribution in [2.75, 3.05) is 71.4 Å². The minimum Gasteiger partial charge on any atom is -0.354 e. The van der Waals surface area contributed by atoms with Gasteiger partial charge in [-0.15, -0.1) is 0 Å². The second-order valence-electron chi connectivity index (χ2n) is 14.1. The molecule has 2 aromatic heterocycles. The number of carbonyl (C=O) groups excluding carboxylic acids is 2. The van der Waals surface area contributed by atoms with Crippen LogP contribution < -0.4 is 42.5 Å². The summed E-state index contributed by atoms with van der Waals surface area (Å²) < 4.78 is 96.4. The summed E-state index contributed by atoms with van der Waals surface area (Å²) in [6, 6.07) is 25.4. The van der Waals surface area contributed by atoms with Crippen LogP contribution in [0.1, 0.15) is 24.0 Å². The van der Waals surface area contributed by atoms with Crippen molar-refractivity contribution in [2.45, 2.75) is 22.6 Å². The van der Waals surface area contributed by atoms with Crippen molar-refractivity contribution >= 4 is 103 Å². The molecule has 2 amide bonds. The Morgan fingerprint density at radius 3 is 1.15 bits per heavy atom. The van der Waals surface area contributed by atoms with Crippen LogP contribution in [0.4, 0.5) is 67.2 Å². The van der Waals surface area contributed by atoms with Crippen molar-refractivity contribution in [2.24, 2.45) is 0 Å². The van der Waals surface area contributed by atoms with E-state index in [4.69, 9.17) is 0 Å². The van der Waals surface area contributed by atoms with E-state index in [2.05, 4.69) is 72.4 Å². The number of hydrogen-bond acceptors (Lipinski definition) is 18. The maximum absolute atomic E-state index is 12.7. The van der Waals surface area contributed by atoms with Gasteiger partial charge in [0.25, 0.3) is 20.2 Å². The average Bonchev–Trinajstić information content (AvgIpc) is 3.30. The second kappa shape index (κ2) is 23.5. The van der Waals surface area contributed by atoms with E-state index >= 15 is 0 Å². The highest BCUT2D eigenvalue weighted by molar-refractivity contribution is 7.86. The number of carbonyl (C=O) groups is 2. The first-order chi connectivity index (χ1) is 32.6. The second-order valence-corrected chi connectivity index (χ2v) is 16.8. The Hall–Kier alpha value is -7.94. The number of alkyl halides is 2. The number of hydrogen-bond donors (Lipinski definition) is 10. The molecule has 0 fully saturated rings. The van der Waals surface area contributed by atoms with Crippen LogP contribution in [0.3, 0.4) is 0 Å². The zero-order valence-corrected chi connectivity index (χ0v) is 37.3. The lowest BCUT2D eigenvalue weighted by molar-refractivity contribution is -0.121. The molecule has 0 aliphatic heterocycles. The van der Waals surface area contributed by atoms with Gasteiger partial charge in [-0.05, 0) is 59.7 Å². The lowest BCUT2D eigenvalue weighted by Gasteiger charge is -2.13. The molecule has 0 saturated heterocycles. The first kappa shape index (κ1) is 49.5. The summed E-state index contributed by atoms with van der Waals surface area (Å²) in [5, 5.41) is 22.4. The minimum absolute atomic E-state index is 0.0233. The molecule has 6 rings (SSSR count). The summed E-state index contributed by atoms with van der Waals surface area (Å²) in [4.78, 5) is 48.8. The fraction of sp³-hybridized carbons (Fsp3) is 0.190. The van der Waals surface area contributed by atoms with Crippen LogP contribution >= 0.6 is 0 Å². The van der Waals surface area contributed by atoms with Crippen molar-refractivity contribution in [1.29, 1.82) is 0 Å². The van der Waals surface area contributed by atoms with Crippen LogP contribution in [-0.2, 0) is 29.8 Å². The standard InChI is InChI=1S/C42H44F2N14O8S2/c43-19-23-45-35(59)17-21-47-37-53-39(49-29-7-3-1-4-8-29)57-41(55-37)51-31-15-13-27(33(25-31)67(61,62)63)11-12-28-14-16-32(26-34(28)68(64,65)66)52-42-56-38(48-22-18-36(60)46-24-20-44)54-40(58-42)50-30-9-5-2-6-10-30/h1-16,25-26H,17-24H2,(H,45,59)(H,46,60)(H,61,62,63)(H,64,65,66)(H3,47,49,51,53,55,57)(H3,48,50,52,54,56,58)/b12-11+. The Balaban J connectivity index is 1.24. The number of anilines is 10. The van der Waals surface area contributed by atoms with Gasteiger partial charge in [0, 0.05) is 61.8 Å². The van der Waals surface area contributed by atoms with Crippen molar-refractivity contribution in [1.82, 2.24) is 40.5 Å². The van der Waals surface area contributed by atoms with Gasteiger partial charge in [-0.2, -0.15) is 46.7 Å². The van der Waals surface area contributed by atoms with Crippen LogP contribution in [0.2, 0.25) is 0 Å². The summed E-state index contributed by atoms with van der Waals surface area (Å²) in [5.74, 6) is -0.791. The highest BCUT2D eigenvalue weighted by atomic mass is 32.2. The molecule has 0 radical (unpaired) electrons. The van der Waals surface area contributed by atoms with E-state index in [1.54, 1.807) is 48.5 Å². The highest BCUT2D eigenvalue weighted by Crippen LogP contribution is 2.29. The molecule has 6 aromatic rings. The van der Waals surface area contributed by atoms with Gasteiger partial charge in [0.05, 0.1) is 0 Å². The molecule has 26 heteroatoms. The molecule has 0 aliphatic rings. The Labute approximate surface area is 388 Å². The third kappa shape index (κ3) is 15.3. The maximum Gasteiger partial charge on any atom is 0.295 e. The van der Waals surface area contributed by atoms with Crippen molar-refractivity contribution in [3.63, 3.8) is 0 Å². The van der Waals surface area contributed by atoms with Gasteiger partial charge in [-0.1, -0.05) is 60.7 Å². The summed E-state index contributed by atoms with van der Waals surface area (Å²) in [5.41, 5.74) is 1.27. The van der Waals surface area contributed by atoms with Crippen molar-refractivity contribution in [3.05, 3.63) is 108 Å². The van der Waals surface area contributed by atoms with E-state index in [1.807, 2.05) is 12.1 Å². The molecule has 0 aliphatic carbocycles. The van der Waals surface area contributed by atoms with Gasteiger partial charge in [-0.25, -0.2) is 8.78 Å². The Morgan fingerprint density at radius 1 is 0.471 bits per heavy atom. The number of nitrogens with one attached hydrogen (secondary N) is 8. The number of rotatable bonds is 24. The quantitative estimate of drug-likeness (QED) is 0.0265. The number of amides is 2. The molecule has 0 atom stereocenters. The lowest BCUT2D eigenvalue weighted by atomic mass is 10.1. The molecule has 0 bridgehead atoms. The topological polar surface area (TPSA) is 316 Å². The fourth-order valence-corrected chi connectivity index (χ4v) is 7.36. The van der Waals surface area contributed by atoms with E-state index in [0.717, 1.165) is 12.1 Å². The maximum atomic E-state index is 12.7. The van der Waals surface area contributed by atoms with Gasteiger partial charge >= 0.3 is 0 Å². The third-order valence-corrected chi connectivity index (χ3v) is 10.8. The summed E-state index contributed by atoms with van der Waals surface area (Å²) in [7, 11) is -9.86. The molecule has 22 nitrogen and oxygen atoms in total. The predicted octanol–water partition coefficient (Wildman–Crippen LogP) is 5.47. The van der Waals surface area contributed by atoms with Crippen LogP contribution in [0.5, 0.6) is 0 Å². The molecular formula is C42H44F2N14O8S2. The number of nitrogens with zero attached hydrogens (tertiary/aromatic N) is 6. The Bertz CT molecular complexity index is 2760. The summed E-state index contributed by atoms with van der Waals surface area (Å²) in [6.07, 6.45) is 2.37. The van der Waals surface area contributed by atoms with Crippen LogP contribution in [0.25, 0.3) is 12.2 Å². The van der Waals surface area contributed by atoms with E-state index in [-0.39, 0.29) is 97.2 Å². The third-order valence-electron chi connectivity index (χ3n) is 8.97. The zero-order chi connectivity index (χ0) is 48.5. The predicted molar refractivity (Wildman–Crippen MR) is 251 cm³/mol. The minimum atomic E-state index is -4.93. The first-order valence-corrected chi connectivity index (χ1v) is 23.3.